The van der Waals surface area contributed by atoms with Crippen LogP contribution in [0.4, 0.5) is 0 Å². The summed E-state index contributed by atoms with van der Waals surface area (Å²) in [7, 11) is 0. The Balaban J connectivity index is 0.000000200. The van der Waals surface area contributed by atoms with E-state index in [1.165, 1.54) is 49.4 Å². The molecule has 0 amide bonds. The first-order valence-corrected chi connectivity index (χ1v) is 13.8. The Morgan fingerprint density at radius 3 is 1.90 bits per heavy atom. The molecule has 0 aliphatic carbocycles. The topological polar surface area (TPSA) is 25.8 Å². The van der Waals surface area contributed by atoms with Gasteiger partial charge in [0.1, 0.15) is 0 Å². The number of rotatable bonds is 3. The molecule has 1 radical (unpaired) electrons. The number of aryl methyl sites for hydroxylation is 3. The molecular formula is C39H30IrN2-2. The van der Waals surface area contributed by atoms with E-state index in [-0.39, 0.29) is 20.1 Å². The number of hydrogen-bond acceptors (Lipinski definition) is 2. The standard InChI is InChI=1S/C26H18N.C13H12N.Ir/c1-18-14-15-27-26(16-18)20-12-10-19(11-13-20)25-17-21-6-2-3-7-22(21)23-8-4-5-9-24(23)25;1-10-3-6-12(7-4-10)13-8-5-11(2)9-14-13;/h2-12,14-17H,1H3;3-6,8-9H,1-2H3;/q2*-1;. The maximum atomic E-state index is 4.47. The van der Waals surface area contributed by atoms with E-state index in [1.54, 1.807) is 0 Å². The van der Waals surface area contributed by atoms with Gasteiger partial charge in [-0.3, -0.25) is 0 Å². The van der Waals surface area contributed by atoms with Crippen LogP contribution in [0.5, 0.6) is 0 Å². The third kappa shape index (κ3) is 6.39. The van der Waals surface area contributed by atoms with E-state index in [1.807, 2.05) is 43.6 Å². The summed E-state index contributed by atoms with van der Waals surface area (Å²) in [5, 5.41) is 5.11. The van der Waals surface area contributed by atoms with Gasteiger partial charge >= 0.3 is 0 Å². The molecule has 0 saturated carbocycles. The molecule has 3 heteroatoms. The molecule has 7 rings (SSSR count). The van der Waals surface area contributed by atoms with Crippen molar-refractivity contribution in [2.75, 3.05) is 0 Å². The van der Waals surface area contributed by atoms with Gasteiger partial charge < -0.3 is 9.97 Å². The van der Waals surface area contributed by atoms with E-state index < -0.39 is 0 Å². The smallest absolute Gasteiger partial charge is 0.0190 e. The van der Waals surface area contributed by atoms with Crippen LogP contribution in [0.2, 0.25) is 0 Å². The fourth-order valence-corrected chi connectivity index (χ4v) is 5.02. The van der Waals surface area contributed by atoms with Crippen LogP contribution in [0.3, 0.4) is 0 Å². The quantitative estimate of drug-likeness (QED) is 0.134. The van der Waals surface area contributed by atoms with Gasteiger partial charge in [0.2, 0.25) is 0 Å². The third-order valence-electron chi connectivity index (χ3n) is 7.24. The second kappa shape index (κ2) is 13.0. The number of pyridine rings is 2. The Hall–Kier alpha value is -4.43. The molecule has 207 valence electrons. The van der Waals surface area contributed by atoms with Crippen molar-refractivity contribution in [2.24, 2.45) is 0 Å². The molecule has 0 spiro atoms. The molecule has 0 saturated heterocycles. The van der Waals surface area contributed by atoms with Crippen LogP contribution in [0.15, 0.2) is 128 Å². The molecule has 2 heterocycles. The summed E-state index contributed by atoms with van der Waals surface area (Å²) in [5.74, 6) is 0. The van der Waals surface area contributed by atoms with Crippen LogP contribution < -0.4 is 0 Å². The fraction of sp³-hybridized carbons (Fsp3) is 0.0769. The molecule has 0 unspecified atom stereocenters. The normalized spacial score (nSPS) is 10.5. The van der Waals surface area contributed by atoms with Gasteiger partial charge in [-0.15, -0.1) is 65.2 Å². The van der Waals surface area contributed by atoms with Crippen LogP contribution in [-0.4, -0.2) is 9.97 Å². The van der Waals surface area contributed by atoms with E-state index >= 15 is 0 Å². The molecule has 0 fully saturated rings. The Morgan fingerprint density at radius 2 is 1.21 bits per heavy atom. The molecule has 0 aliphatic heterocycles. The Kier molecular flexibility index (Phi) is 9.03. The SMILES string of the molecule is Cc1c[c-]c(-c2ccc(C)cn2)cc1.Cc1ccnc(-c2[c-]cc(-c3cc4ccccc4c4ccccc34)cc2)c1.[Ir]. The van der Waals surface area contributed by atoms with E-state index in [4.69, 9.17) is 0 Å². The summed E-state index contributed by atoms with van der Waals surface area (Å²) in [6, 6.07) is 46.8. The zero-order valence-corrected chi connectivity index (χ0v) is 26.2. The first-order chi connectivity index (χ1) is 20.0. The maximum absolute atomic E-state index is 4.47. The van der Waals surface area contributed by atoms with Gasteiger partial charge in [0, 0.05) is 32.5 Å². The average Bonchev–Trinajstić information content (AvgIpc) is 3.02. The number of fused-ring (bicyclic) bond motifs is 3. The van der Waals surface area contributed by atoms with Crippen molar-refractivity contribution in [1.29, 1.82) is 0 Å². The van der Waals surface area contributed by atoms with Gasteiger partial charge in [0.25, 0.3) is 0 Å². The van der Waals surface area contributed by atoms with E-state index in [9.17, 15) is 0 Å². The third-order valence-corrected chi connectivity index (χ3v) is 7.24. The van der Waals surface area contributed by atoms with E-state index in [0.29, 0.717) is 0 Å². The van der Waals surface area contributed by atoms with Crippen LogP contribution in [-0.2, 0) is 20.1 Å². The first kappa shape index (κ1) is 29.1. The molecule has 0 aliphatic rings. The van der Waals surface area contributed by atoms with Crippen molar-refractivity contribution < 1.29 is 20.1 Å². The number of hydrogen-bond donors (Lipinski definition) is 0. The Morgan fingerprint density at radius 1 is 0.524 bits per heavy atom. The predicted molar refractivity (Wildman–Crippen MR) is 172 cm³/mol. The summed E-state index contributed by atoms with van der Waals surface area (Å²) < 4.78 is 0. The molecule has 0 bridgehead atoms. The van der Waals surface area contributed by atoms with Crippen molar-refractivity contribution in [3.05, 3.63) is 156 Å². The van der Waals surface area contributed by atoms with Gasteiger partial charge in [-0.2, -0.15) is 0 Å². The minimum atomic E-state index is 0. The number of nitrogens with zero attached hydrogens (tertiary/aromatic N) is 2. The molecule has 0 atom stereocenters. The van der Waals surface area contributed by atoms with E-state index in [0.717, 1.165) is 22.5 Å². The zero-order valence-electron chi connectivity index (χ0n) is 23.9. The van der Waals surface area contributed by atoms with Crippen molar-refractivity contribution in [1.82, 2.24) is 9.97 Å². The number of benzene rings is 5. The molecule has 2 nitrogen and oxygen atoms in total. The van der Waals surface area contributed by atoms with Crippen molar-refractivity contribution in [3.63, 3.8) is 0 Å². The Bertz CT molecular complexity index is 1900. The molecule has 2 aromatic heterocycles. The second-order valence-corrected chi connectivity index (χ2v) is 10.4. The molecular weight excluding hydrogens is 689 g/mol. The van der Waals surface area contributed by atoms with Gasteiger partial charge in [-0.25, -0.2) is 0 Å². The predicted octanol–water partition coefficient (Wildman–Crippen LogP) is 9.99. The summed E-state index contributed by atoms with van der Waals surface area (Å²) in [5.41, 5.74) is 10.0. The number of aromatic nitrogens is 2. The average molecular weight is 719 g/mol. The zero-order chi connectivity index (χ0) is 28.2. The van der Waals surface area contributed by atoms with Crippen molar-refractivity contribution in [2.45, 2.75) is 20.8 Å². The maximum Gasteiger partial charge on any atom is 0.0190 e. The minimum Gasteiger partial charge on any atom is -0.305 e. The molecule has 7 aromatic rings. The largest absolute Gasteiger partial charge is 0.305 e. The molecule has 0 N–H and O–H groups in total. The van der Waals surface area contributed by atoms with Gasteiger partial charge in [-0.05, 0) is 58.4 Å². The van der Waals surface area contributed by atoms with Gasteiger partial charge in [-0.1, -0.05) is 96.4 Å². The Labute approximate surface area is 261 Å². The second-order valence-electron chi connectivity index (χ2n) is 10.4. The van der Waals surface area contributed by atoms with Gasteiger partial charge in [0.05, 0.1) is 0 Å². The summed E-state index contributed by atoms with van der Waals surface area (Å²) in [4.78, 5) is 8.82. The monoisotopic (exact) mass is 719 g/mol. The van der Waals surface area contributed by atoms with Gasteiger partial charge in [0.15, 0.2) is 0 Å². The van der Waals surface area contributed by atoms with Crippen molar-refractivity contribution >= 4 is 21.5 Å². The first-order valence-electron chi connectivity index (χ1n) is 13.8. The summed E-state index contributed by atoms with van der Waals surface area (Å²) in [6.45, 7) is 6.18. The molecule has 42 heavy (non-hydrogen) atoms. The van der Waals surface area contributed by atoms with E-state index in [2.05, 4.69) is 127 Å². The summed E-state index contributed by atoms with van der Waals surface area (Å²) >= 11 is 0. The van der Waals surface area contributed by atoms with Crippen LogP contribution in [0.25, 0.3) is 55.2 Å². The molecule has 5 aromatic carbocycles. The van der Waals surface area contributed by atoms with Crippen LogP contribution in [0.1, 0.15) is 16.7 Å². The van der Waals surface area contributed by atoms with Crippen molar-refractivity contribution in [3.8, 4) is 33.6 Å². The fourth-order valence-electron chi connectivity index (χ4n) is 5.02. The minimum absolute atomic E-state index is 0. The van der Waals surface area contributed by atoms with Crippen LogP contribution in [0, 0.1) is 32.9 Å². The summed E-state index contributed by atoms with van der Waals surface area (Å²) in [6.07, 6.45) is 3.73. The van der Waals surface area contributed by atoms with Crippen LogP contribution >= 0.6 is 0 Å².